The number of aromatic nitrogens is 6. The van der Waals surface area contributed by atoms with Gasteiger partial charge in [-0.05, 0) is 113 Å². The Bertz CT molecular complexity index is 5750. The standard InChI is InChI=1S/C72H41I3N6/c73-79-62-25-12-9-22-57(62)68-64(79)37-34-55-58-39-43(28-35-61(58)77(69(55)68)46-15-3-1-4-16-46)45-27-29-50-52-33-36-63-67(70(52)80(74)65(50)41-45)56-21-8-11-24-60(56)76(63)48-19-13-14-42(38-48)44-26-30-51-54-32-31-53-49-20-7-10-23-59(49)78(47-17-5-2-6-18-47)71(53)72(54)81(75)66(51)40-44/h1-41H. The lowest BCUT2D eigenvalue weighted by molar-refractivity contribution is 1.18. The van der Waals surface area contributed by atoms with E-state index < -0.39 is 0 Å². The van der Waals surface area contributed by atoms with E-state index in [2.05, 4.69) is 339 Å². The largest absolute Gasteiger partial charge is 0.309 e. The van der Waals surface area contributed by atoms with Crippen molar-refractivity contribution in [2.45, 2.75) is 0 Å². The third-order valence-corrected chi connectivity index (χ3v) is 20.4. The molecule has 0 aliphatic rings. The van der Waals surface area contributed by atoms with Crippen molar-refractivity contribution in [2.75, 3.05) is 0 Å². The van der Waals surface area contributed by atoms with Crippen LogP contribution >= 0.6 is 68.6 Å². The summed E-state index contributed by atoms with van der Waals surface area (Å²) < 4.78 is 14.5. The van der Waals surface area contributed by atoms with Gasteiger partial charge in [0, 0.05) is 81.7 Å². The number of rotatable bonds is 5. The second-order valence-corrected chi connectivity index (χ2v) is 24.3. The average molecular weight is 1370 g/mol. The zero-order chi connectivity index (χ0) is 53.4. The first-order valence-electron chi connectivity index (χ1n) is 27.2. The molecule has 0 amide bonds. The number of benzene rings is 12. The molecule has 12 aromatic carbocycles. The molecular formula is C72H41I3N6. The Morgan fingerprint density at radius 2 is 0.617 bits per heavy atom. The van der Waals surface area contributed by atoms with Gasteiger partial charge in [0.1, 0.15) is 0 Å². The fraction of sp³-hybridized carbons (Fsp3) is 0. The summed E-state index contributed by atoms with van der Waals surface area (Å²) in [6, 6.07) is 92.3. The zero-order valence-electron chi connectivity index (χ0n) is 43.0. The maximum absolute atomic E-state index is 2.56. The Morgan fingerprint density at radius 1 is 0.198 bits per heavy atom. The Balaban J connectivity index is 0.776. The summed E-state index contributed by atoms with van der Waals surface area (Å²) in [6.45, 7) is 0. The third-order valence-electron chi connectivity index (χ3n) is 17.3. The first kappa shape index (κ1) is 46.4. The van der Waals surface area contributed by atoms with Crippen LogP contribution in [0.3, 0.4) is 0 Å². The summed E-state index contributed by atoms with van der Waals surface area (Å²) in [5.74, 6) is 0. The molecule has 6 aromatic heterocycles. The van der Waals surface area contributed by atoms with Gasteiger partial charge in [0.15, 0.2) is 0 Å². The lowest BCUT2D eigenvalue weighted by Gasteiger charge is -2.11. The monoisotopic (exact) mass is 1370 g/mol. The van der Waals surface area contributed by atoms with Crippen molar-refractivity contribution < 1.29 is 0 Å². The predicted octanol–water partition coefficient (Wildman–Crippen LogP) is 21.2. The summed E-state index contributed by atoms with van der Waals surface area (Å²) in [6.07, 6.45) is 0. The van der Waals surface area contributed by atoms with Crippen LogP contribution in [0.25, 0.3) is 170 Å². The van der Waals surface area contributed by atoms with Crippen LogP contribution in [0.15, 0.2) is 249 Å². The Hall–Kier alpha value is -8.37. The van der Waals surface area contributed by atoms with Crippen LogP contribution in [0.4, 0.5) is 0 Å². The van der Waals surface area contributed by atoms with Crippen LogP contribution in [0.5, 0.6) is 0 Å². The summed E-state index contributed by atoms with van der Waals surface area (Å²) >= 11 is 7.56. The molecule has 0 radical (unpaired) electrons. The van der Waals surface area contributed by atoms with E-state index in [0.29, 0.717) is 0 Å². The summed E-state index contributed by atoms with van der Waals surface area (Å²) in [5, 5.41) is 15.0. The minimum atomic E-state index is 1.13. The van der Waals surface area contributed by atoms with Gasteiger partial charge in [-0.1, -0.05) is 158 Å². The smallest absolute Gasteiger partial charge is 0.0837 e. The van der Waals surface area contributed by atoms with Gasteiger partial charge < -0.3 is 13.7 Å². The van der Waals surface area contributed by atoms with Gasteiger partial charge >= 0.3 is 0 Å². The van der Waals surface area contributed by atoms with Gasteiger partial charge in [-0.25, -0.2) is 0 Å². The molecule has 18 rings (SSSR count). The molecule has 6 nitrogen and oxygen atoms in total. The van der Waals surface area contributed by atoms with Crippen LogP contribution in [0, 0.1) is 0 Å². The second kappa shape index (κ2) is 17.3. The molecule has 0 saturated heterocycles. The van der Waals surface area contributed by atoms with Crippen molar-refractivity contribution in [1.82, 2.24) is 22.0 Å². The highest BCUT2D eigenvalue weighted by Crippen LogP contribution is 2.47. The number of halogens is 3. The molecule has 0 spiro atoms. The van der Waals surface area contributed by atoms with Gasteiger partial charge in [0.25, 0.3) is 0 Å². The molecule has 0 unspecified atom stereocenters. The minimum Gasteiger partial charge on any atom is -0.309 e. The lowest BCUT2D eigenvalue weighted by atomic mass is 10.0. The Morgan fingerprint density at radius 3 is 1.31 bits per heavy atom. The normalized spacial score (nSPS) is 12.4. The predicted molar refractivity (Wildman–Crippen MR) is 368 cm³/mol. The van der Waals surface area contributed by atoms with Gasteiger partial charge in [0.2, 0.25) is 0 Å². The van der Waals surface area contributed by atoms with E-state index in [1.54, 1.807) is 0 Å². The number of hydrogen-bond donors (Lipinski definition) is 0. The van der Waals surface area contributed by atoms with Crippen LogP contribution in [0.2, 0.25) is 0 Å². The topological polar surface area (TPSA) is 29.6 Å². The Kier molecular flexibility index (Phi) is 9.92. The fourth-order valence-corrected chi connectivity index (χ4v) is 16.5. The summed E-state index contributed by atoms with van der Waals surface area (Å²) in [5.41, 5.74) is 22.7. The summed E-state index contributed by atoms with van der Waals surface area (Å²) in [4.78, 5) is 0. The van der Waals surface area contributed by atoms with E-state index in [4.69, 9.17) is 0 Å². The SMILES string of the molecule is In1c2ccccc2c2c1ccc1c3cc(-c4ccc5c6ccc7c(c8ccccc8n7-c7cccc(-c8ccc9c%10ccc%11c%12ccccc%12n(-c%12ccccc%12)c%11c%10n(I)c9c8)c7)c6n(I)c5c4)ccc3n(-c3ccccc3)c12. The van der Waals surface area contributed by atoms with Crippen molar-refractivity contribution in [3.63, 3.8) is 0 Å². The van der Waals surface area contributed by atoms with Gasteiger partial charge in [-0.2, -0.15) is 0 Å². The first-order chi connectivity index (χ1) is 40.0. The zero-order valence-corrected chi connectivity index (χ0v) is 49.5. The van der Waals surface area contributed by atoms with E-state index in [-0.39, 0.29) is 0 Å². The van der Waals surface area contributed by atoms with Gasteiger partial charge in [-0.3, -0.25) is 8.34 Å². The molecule has 81 heavy (non-hydrogen) atoms. The maximum Gasteiger partial charge on any atom is 0.0837 e. The third kappa shape index (κ3) is 6.42. The Labute approximate surface area is 504 Å². The number of fused-ring (bicyclic) bond motifs is 21. The molecular weight excluding hydrogens is 1330 g/mol. The van der Waals surface area contributed by atoms with Crippen molar-refractivity contribution in [3.05, 3.63) is 249 Å². The van der Waals surface area contributed by atoms with Gasteiger partial charge in [-0.15, -0.1) is 0 Å². The minimum absolute atomic E-state index is 1.13. The number of hydrogen-bond acceptors (Lipinski definition) is 0. The van der Waals surface area contributed by atoms with Crippen molar-refractivity contribution in [2.24, 2.45) is 0 Å². The van der Waals surface area contributed by atoms with E-state index in [1.807, 2.05) is 0 Å². The molecule has 0 atom stereocenters. The average Bonchev–Trinajstić information content (AvgIpc) is 3.82. The quantitative estimate of drug-likeness (QED) is 0.154. The van der Waals surface area contributed by atoms with Crippen LogP contribution in [-0.4, -0.2) is 22.0 Å². The molecule has 0 aliphatic carbocycles. The molecule has 0 N–H and O–H groups in total. The molecule has 0 saturated carbocycles. The fourth-order valence-electron chi connectivity index (χ4n) is 13.8. The maximum atomic E-state index is 2.56. The lowest BCUT2D eigenvalue weighted by Crippen LogP contribution is -1.95. The van der Waals surface area contributed by atoms with Crippen molar-refractivity contribution in [1.29, 1.82) is 0 Å². The molecule has 0 aliphatic heterocycles. The highest BCUT2D eigenvalue weighted by molar-refractivity contribution is 14.1. The van der Waals surface area contributed by atoms with Gasteiger partial charge in [0.05, 0.1) is 135 Å². The van der Waals surface area contributed by atoms with E-state index in [0.717, 1.165) is 17.1 Å². The van der Waals surface area contributed by atoms with E-state index in [1.165, 1.54) is 153 Å². The second-order valence-electron chi connectivity index (χ2n) is 21.4. The number of para-hydroxylation sites is 5. The highest BCUT2D eigenvalue weighted by Gasteiger charge is 2.24. The molecule has 0 fully saturated rings. The molecule has 6 heterocycles. The molecule has 18 aromatic rings. The number of nitrogens with zero attached hydrogens (tertiary/aromatic N) is 6. The molecule has 0 bridgehead atoms. The van der Waals surface area contributed by atoms with E-state index in [9.17, 15) is 0 Å². The van der Waals surface area contributed by atoms with Crippen molar-refractivity contribution >= 4 is 199 Å². The highest BCUT2D eigenvalue weighted by atomic mass is 127. The van der Waals surface area contributed by atoms with Crippen molar-refractivity contribution in [3.8, 4) is 39.3 Å². The molecule has 9 heteroatoms. The van der Waals surface area contributed by atoms with Crippen LogP contribution in [-0.2, 0) is 0 Å². The van der Waals surface area contributed by atoms with Crippen LogP contribution in [0.1, 0.15) is 0 Å². The molecule has 380 valence electrons. The summed E-state index contributed by atoms with van der Waals surface area (Å²) in [7, 11) is 0. The first-order valence-corrected chi connectivity index (χ1v) is 30.1. The van der Waals surface area contributed by atoms with Crippen LogP contribution < -0.4 is 0 Å². The van der Waals surface area contributed by atoms with E-state index >= 15 is 0 Å².